The van der Waals surface area contributed by atoms with Crippen LogP contribution in [0.15, 0.2) is 11.2 Å². The number of sulfonamides is 1. The Labute approximate surface area is 108 Å². The van der Waals surface area contributed by atoms with Crippen molar-refractivity contribution in [2.75, 3.05) is 6.54 Å². The van der Waals surface area contributed by atoms with Crippen LogP contribution in [0.4, 0.5) is 0 Å². The Morgan fingerprint density at radius 3 is 2.78 bits per heavy atom. The molecule has 7 heteroatoms. The minimum Gasteiger partial charge on any atom is -0.313 e. The molecule has 6 nitrogen and oxygen atoms in total. The van der Waals surface area contributed by atoms with Crippen molar-refractivity contribution in [2.45, 2.75) is 50.2 Å². The highest BCUT2D eigenvalue weighted by Gasteiger charge is 2.37. The molecule has 3 N–H and O–H groups in total. The molecule has 0 aliphatic heterocycles. The summed E-state index contributed by atoms with van der Waals surface area (Å²) in [4.78, 5) is 0. The van der Waals surface area contributed by atoms with E-state index in [0.29, 0.717) is 12.1 Å². The van der Waals surface area contributed by atoms with Crippen molar-refractivity contribution in [1.29, 1.82) is 0 Å². The Morgan fingerprint density at radius 1 is 1.50 bits per heavy atom. The van der Waals surface area contributed by atoms with Crippen molar-refractivity contribution < 1.29 is 8.42 Å². The number of H-pyrrole nitrogens is 1. The second-order valence-electron chi connectivity index (χ2n) is 5.02. The third-order valence-electron chi connectivity index (χ3n) is 3.35. The average Bonchev–Trinajstić information content (AvgIpc) is 2.72. The lowest BCUT2D eigenvalue weighted by molar-refractivity contribution is 0.247. The maximum atomic E-state index is 12.3. The number of nitrogens with one attached hydrogen (secondary N) is 3. The van der Waals surface area contributed by atoms with Gasteiger partial charge in [0, 0.05) is 17.6 Å². The lowest BCUT2D eigenvalue weighted by Crippen LogP contribution is -2.51. The van der Waals surface area contributed by atoms with E-state index in [4.69, 9.17) is 0 Å². The van der Waals surface area contributed by atoms with E-state index >= 15 is 0 Å². The first-order valence-electron chi connectivity index (χ1n) is 6.24. The summed E-state index contributed by atoms with van der Waals surface area (Å²) in [5.41, 5.74) is 0.381. The summed E-state index contributed by atoms with van der Waals surface area (Å²) in [5, 5.41) is 9.70. The molecule has 1 aliphatic carbocycles. The third kappa shape index (κ3) is 2.73. The largest absolute Gasteiger partial charge is 0.313 e. The van der Waals surface area contributed by atoms with Gasteiger partial charge in [0.05, 0.1) is 6.20 Å². The first-order chi connectivity index (χ1) is 8.47. The molecule has 1 fully saturated rings. The molecule has 1 aromatic heterocycles. The van der Waals surface area contributed by atoms with E-state index in [1.807, 2.05) is 13.8 Å². The molecule has 0 unspecified atom stereocenters. The van der Waals surface area contributed by atoms with Gasteiger partial charge >= 0.3 is 0 Å². The zero-order valence-corrected chi connectivity index (χ0v) is 11.6. The maximum Gasteiger partial charge on any atom is 0.258 e. The van der Waals surface area contributed by atoms with Crippen LogP contribution in [0.3, 0.4) is 0 Å². The second-order valence-corrected chi connectivity index (χ2v) is 6.64. The Bertz CT molecular complexity index is 505. The number of rotatable bonds is 6. The molecule has 1 aromatic rings. The number of nitrogens with zero attached hydrogens (tertiary/aromatic N) is 1. The molecule has 0 bridgehead atoms. The van der Waals surface area contributed by atoms with Crippen molar-refractivity contribution in [1.82, 2.24) is 20.2 Å². The molecule has 1 saturated carbocycles. The predicted octanol–water partition coefficient (Wildman–Crippen LogP) is 0.740. The van der Waals surface area contributed by atoms with Crippen LogP contribution in [0.2, 0.25) is 0 Å². The Morgan fingerprint density at radius 2 is 2.22 bits per heavy atom. The molecule has 2 rings (SSSR count). The zero-order valence-electron chi connectivity index (χ0n) is 10.8. The molecule has 0 amide bonds. The quantitative estimate of drug-likeness (QED) is 0.713. The highest BCUT2D eigenvalue weighted by Crippen LogP contribution is 2.32. The van der Waals surface area contributed by atoms with Gasteiger partial charge in [-0.2, -0.15) is 5.10 Å². The average molecular weight is 272 g/mol. The smallest absolute Gasteiger partial charge is 0.258 e. The number of aromatic amines is 1. The van der Waals surface area contributed by atoms with Crippen molar-refractivity contribution in [3.8, 4) is 0 Å². The molecule has 0 atom stereocenters. The van der Waals surface area contributed by atoms with E-state index in [1.165, 1.54) is 0 Å². The highest BCUT2D eigenvalue weighted by molar-refractivity contribution is 7.89. The van der Waals surface area contributed by atoms with Crippen LogP contribution in [-0.4, -0.2) is 30.7 Å². The van der Waals surface area contributed by atoms with Crippen LogP contribution < -0.4 is 10.0 Å². The van der Waals surface area contributed by atoms with Crippen LogP contribution in [0, 0.1) is 0 Å². The van der Waals surface area contributed by atoms with E-state index in [1.54, 1.807) is 6.20 Å². The van der Waals surface area contributed by atoms with Gasteiger partial charge in [-0.3, -0.25) is 5.10 Å². The zero-order chi connectivity index (χ0) is 13.2. The lowest BCUT2D eigenvalue weighted by Gasteiger charge is -2.38. The van der Waals surface area contributed by atoms with Gasteiger partial charge in [0.2, 0.25) is 0 Å². The van der Waals surface area contributed by atoms with Gasteiger partial charge in [-0.25, -0.2) is 13.1 Å². The van der Waals surface area contributed by atoms with Crippen LogP contribution in [0.1, 0.15) is 38.7 Å². The summed E-state index contributed by atoms with van der Waals surface area (Å²) in [6.45, 7) is 5.20. The topological polar surface area (TPSA) is 86.9 Å². The summed E-state index contributed by atoms with van der Waals surface area (Å²) in [6.07, 6.45) is 4.42. The summed E-state index contributed by atoms with van der Waals surface area (Å²) >= 11 is 0. The van der Waals surface area contributed by atoms with E-state index in [0.717, 1.165) is 25.8 Å². The highest BCUT2D eigenvalue weighted by atomic mass is 32.2. The van der Waals surface area contributed by atoms with Gasteiger partial charge in [-0.1, -0.05) is 6.92 Å². The fraction of sp³-hybridized carbons (Fsp3) is 0.727. The first-order valence-corrected chi connectivity index (χ1v) is 7.72. The normalized spacial score (nSPS) is 18.6. The van der Waals surface area contributed by atoms with Gasteiger partial charge in [0.1, 0.15) is 0 Å². The minimum atomic E-state index is -3.50. The van der Waals surface area contributed by atoms with Crippen LogP contribution >= 0.6 is 0 Å². The number of aromatic nitrogens is 2. The molecule has 18 heavy (non-hydrogen) atoms. The Kier molecular flexibility index (Phi) is 3.74. The van der Waals surface area contributed by atoms with Crippen LogP contribution in [0.25, 0.3) is 0 Å². The van der Waals surface area contributed by atoms with Gasteiger partial charge in [0.15, 0.2) is 5.03 Å². The third-order valence-corrected chi connectivity index (χ3v) is 5.00. The first kappa shape index (κ1) is 13.5. The number of hydrogen-bond donors (Lipinski definition) is 3. The fourth-order valence-corrected chi connectivity index (χ4v) is 3.70. The molecule has 1 aliphatic rings. The minimum absolute atomic E-state index is 0.177. The van der Waals surface area contributed by atoms with Gasteiger partial charge in [0.25, 0.3) is 10.0 Å². The SMILES string of the molecule is CCNCc1cn[nH]c1S(=O)(=O)NC1(C)CCC1. The van der Waals surface area contributed by atoms with Crippen LogP contribution in [0.5, 0.6) is 0 Å². The Balaban J connectivity index is 2.16. The summed E-state index contributed by atoms with van der Waals surface area (Å²) in [6, 6.07) is 0. The van der Waals surface area contributed by atoms with E-state index in [-0.39, 0.29) is 10.6 Å². The van der Waals surface area contributed by atoms with Crippen LogP contribution in [-0.2, 0) is 16.6 Å². The molecule has 1 heterocycles. The standard InChI is InChI=1S/C11H20N4O2S/c1-3-12-7-9-8-13-14-10(9)18(16,17)15-11(2)5-4-6-11/h8,12,15H,3-7H2,1-2H3,(H,13,14). The number of hydrogen-bond acceptors (Lipinski definition) is 4. The monoisotopic (exact) mass is 272 g/mol. The molecule has 102 valence electrons. The molecule has 0 saturated heterocycles. The van der Waals surface area contributed by atoms with Gasteiger partial charge in [-0.15, -0.1) is 0 Å². The lowest BCUT2D eigenvalue weighted by atomic mass is 9.80. The summed E-state index contributed by atoms with van der Waals surface area (Å²) in [5.74, 6) is 0. The molecular weight excluding hydrogens is 252 g/mol. The molecule has 0 spiro atoms. The van der Waals surface area contributed by atoms with E-state index in [2.05, 4.69) is 20.2 Å². The summed E-state index contributed by atoms with van der Waals surface area (Å²) < 4.78 is 27.3. The van der Waals surface area contributed by atoms with Crippen molar-refractivity contribution in [3.05, 3.63) is 11.8 Å². The molecule has 0 radical (unpaired) electrons. The predicted molar refractivity (Wildman–Crippen MR) is 68.5 cm³/mol. The fourth-order valence-electron chi connectivity index (χ4n) is 2.10. The maximum absolute atomic E-state index is 12.3. The van der Waals surface area contributed by atoms with Gasteiger partial charge < -0.3 is 5.32 Å². The van der Waals surface area contributed by atoms with Crippen molar-refractivity contribution in [2.24, 2.45) is 0 Å². The van der Waals surface area contributed by atoms with E-state index < -0.39 is 10.0 Å². The second kappa shape index (κ2) is 4.99. The molecular formula is C11H20N4O2S. The van der Waals surface area contributed by atoms with E-state index in [9.17, 15) is 8.42 Å². The Hall–Kier alpha value is -0.920. The van der Waals surface area contributed by atoms with Crippen molar-refractivity contribution >= 4 is 10.0 Å². The molecule has 0 aromatic carbocycles. The van der Waals surface area contributed by atoms with Gasteiger partial charge in [-0.05, 0) is 32.7 Å². The summed E-state index contributed by atoms with van der Waals surface area (Å²) in [7, 11) is -3.50. The van der Waals surface area contributed by atoms with Crippen molar-refractivity contribution in [3.63, 3.8) is 0 Å².